The van der Waals surface area contributed by atoms with Gasteiger partial charge in [-0.05, 0) is 30.3 Å². The number of methoxy groups -OCH3 is 2. The normalized spacial score (nSPS) is 18.1. The minimum absolute atomic E-state index is 0.0550. The number of carbonyl (C=O) groups excluding carboxylic acids is 2. The molecule has 1 amide bonds. The van der Waals surface area contributed by atoms with Crippen molar-refractivity contribution in [3.8, 4) is 23.0 Å². The molecule has 0 spiro atoms. The average Bonchev–Trinajstić information content (AvgIpc) is 3.45. The molecule has 9 nitrogen and oxygen atoms in total. The average molecular weight is 495 g/mol. The molecule has 1 fully saturated rings. The van der Waals surface area contributed by atoms with Gasteiger partial charge in [-0.25, -0.2) is 0 Å². The second-order valence-electron chi connectivity index (χ2n) is 7.65. The predicted octanol–water partition coefficient (Wildman–Crippen LogP) is 4.11. The highest BCUT2D eigenvalue weighted by Crippen LogP contribution is 2.46. The van der Waals surface area contributed by atoms with Crippen LogP contribution in [0, 0.1) is 0 Å². The van der Waals surface area contributed by atoms with E-state index in [1.165, 1.54) is 31.3 Å². The second-order valence-corrected chi connectivity index (χ2v) is 8.06. The molecular weight excluding hydrogens is 476 g/mol. The number of hydrogen-bond donors (Lipinski definition) is 1. The molecule has 2 aliphatic rings. The van der Waals surface area contributed by atoms with Crippen molar-refractivity contribution in [1.82, 2.24) is 4.98 Å². The highest BCUT2D eigenvalue weighted by molar-refractivity contribution is 6.51. The summed E-state index contributed by atoms with van der Waals surface area (Å²) in [5.41, 5.74) is 0.741. The van der Waals surface area contributed by atoms with Gasteiger partial charge in [-0.3, -0.25) is 19.5 Å². The van der Waals surface area contributed by atoms with Gasteiger partial charge in [0.25, 0.3) is 11.7 Å². The highest BCUT2D eigenvalue weighted by Gasteiger charge is 2.48. The van der Waals surface area contributed by atoms with Gasteiger partial charge in [0.15, 0.2) is 11.5 Å². The van der Waals surface area contributed by atoms with Crippen molar-refractivity contribution in [1.29, 1.82) is 0 Å². The Labute approximate surface area is 205 Å². The van der Waals surface area contributed by atoms with E-state index in [1.54, 1.807) is 42.6 Å². The van der Waals surface area contributed by atoms with Crippen molar-refractivity contribution in [3.05, 3.63) is 76.6 Å². The summed E-state index contributed by atoms with van der Waals surface area (Å²) in [6.45, 7) is 0.0550. The Kier molecular flexibility index (Phi) is 5.70. The lowest BCUT2D eigenvalue weighted by Gasteiger charge is -2.25. The number of rotatable bonds is 5. The number of aliphatic hydroxyl groups excluding tert-OH is 1. The number of fused-ring (bicyclic) bond motifs is 1. The topological polar surface area (TPSA) is 107 Å². The number of benzene rings is 2. The fraction of sp³-hybridized carbons (Fsp3) is 0.160. The number of hydrogen-bond acceptors (Lipinski definition) is 8. The molecule has 3 aromatic rings. The molecule has 1 N–H and O–H groups in total. The molecule has 5 rings (SSSR count). The predicted molar refractivity (Wildman–Crippen MR) is 126 cm³/mol. The molecule has 0 bridgehead atoms. The van der Waals surface area contributed by atoms with Crippen LogP contribution in [0.25, 0.3) is 5.76 Å². The Morgan fingerprint density at radius 2 is 1.83 bits per heavy atom. The van der Waals surface area contributed by atoms with Crippen LogP contribution in [0.1, 0.15) is 17.3 Å². The van der Waals surface area contributed by atoms with E-state index in [0.29, 0.717) is 22.9 Å². The first kappa shape index (κ1) is 22.5. The lowest BCUT2D eigenvalue weighted by molar-refractivity contribution is -0.132. The van der Waals surface area contributed by atoms with Crippen LogP contribution in [0.15, 0.2) is 60.3 Å². The summed E-state index contributed by atoms with van der Waals surface area (Å²) in [4.78, 5) is 32.3. The monoisotopic (exact) mass is 494 g/mol. The van der Waals surface area contributed by atoms with Crippen LogP contribution in [-0.2, 0) is 9.59 Å². The van der Waals surface area contributed by atoms with Gasteiger partial charge < -0.3 is 24.1 Å². The van der Waals surface area contributed by atoms with E-state index in [4.69, 9.17) is 30.5 Å². The Bertz CT molecular complexity index is 1370. The first-order chi connectivity index (χ1) is 16.9. The summed E-state index contributed by atoms with van der Waals surface area (Å²) in [5, 5.41) is 11.7. The zero-order valence-electron chi connectivity index (χ0n) is 18.6. The van der Waals surface area contributed by atoms with Crippen molar-refractivity contribution in [3.63, 3.8) is 0 Å². The largest absolute Gasteiger partial charge is 0.507 e. The summed E-state index contributed by atoms with van der Waals surface area (Å²) in [5.74, 6) is -0.747. The Morgan fingerprint density at radius 3 is 2.54 bits per heavy atom. The van der Waals surface area contributed by atoms with E-state index in [9.17, 15) is 14.7 Å². The SMILES string of the molecule is COc1cc(/C(O)=C2\C(=O)C(=O)N(c3ccc4c(c3)OCO4)C2c2ccccn2)c(OC)cc1Cl. The molecule has 178 valence electrons. The Morgan fingerprint density at radius 1 is 1.06 bits per heavy atom. The summed E-state index contributed by atoms with van der Waals surface area (Å²) >= 11 is 6.21. The number of halogens is 1. The summed E-state index contributed by atoms with van der Waals surface area (Å²) in [7, 11) is 2.82. The van der Waals surface area contributed by atoms with Crippen LogP contribution in [0.5, 0.6) is 23.0 Å². The molecule has 2 aliphatic heterocycles. The minimum atomic E-state index is -1.03. The fourth-order valence-electron chi connectivity index (χ4n) is 4.14. The van der Waals surface area contributed by atoms with Crippen molar-refractivity contribution >= 4 is 34.7 Å². The molecule has 0 aliphatic carbocycles. The van der Waals surface area contributed by atoms with Gasteiger partial charge >= 0.3 is 0 Å². The van der Waals surface area contributed by atoms with Crippen LogP contribution < -0.4 is 23.8 Å². The quantitative estimate of drug-likeness (QED) is 0.321. The van der Waals surface area contributed by atoms with Crippen molar-refractivity contribution in [2.45, 2.75) is 6.04 Å². The van der Waals surface area contributed by atoms with Gasteiger partial charge in [0, 0.05) is 24.0 Å². The van der Waals surface area contributed by atoms with Crippen LogP contribution in [0.3, 0.4) is 0 Å². The third-order valence-electron chi connectivity index (χ3n) is 5.78. The summed E-state index contributed by atoms with van der Waals surface area (Å²) in [6.07, 6.45) is 1.54. The molecule has 0 saturated carbocycles. The summed E-state index contributed by atoms with van der Waals surface area (Å²) in [6, 6.07) is 11.9. The van der Waals surface area contributed by atoms with E-state index in [2.05, 4.69) is 4.98 Å². The number of Topliss-reactive ketones (excluding diaryl/α,β-unsaturated/α-hetero) is 1. The van der Waals surface area contributed by atoms with E-state index < -0.39 is 23.5 Å². The maximum Gasteiger partial charge on any atom is 0.300 e. The smallest absolute Gasteiger partial charge is 0.300 e. The van der Waals surface area contributed by atoms with Gasteiger partial charge in [0.1, 0.15) is 23.3 Å². The molecule has 10 heteroatoms. The Hall–Kier alpha value is -4.24. The van der Waals surface area contributed by atoms with E-state index >= 15 is 0 Å². The number of carbonyl (C=O) groups is 2. The number of nitrogens with zero attached hydrogens (tertiary/aromatic N) is 2. The van der Waals surface area contributed by atoms with Gasteiger partial charge in [0.05, 0.1) is 36.1 Å². The second kappa shape index (κ2) is 8.84. The van der Waals surface area contributed by atoms with Crippen molar-refractivity contribution in [2.24, 2.45) is 0 Å². The number of anilines is 1. The van der Waals surface area contributed by atoms with E-state index in [-0.39, 0.29) is 34.5 Å². The molecular formula is C25H19ClN2O7. The maximum atomic E-state index is 13.4. The minimum Gasteiger partial charge on any atom is -0.507 e. The third kappa shape index (κ3) is 3.70. The van der Waals surface area contributed by atoms with Gasteiger partial charge in [0.2, 0.25) is 6.79 Å². The van der Waals surface area contributed by atoms with Crippen molar-refractivity contribution in [2.75, 3.05) is 25.9 Å². The molecule has 2 aromatic carbocycles. The summed E-state index contributed by atoms with van der Waals surface area (Å²) < 4.78 is 21.5. The molecule has 0 radical (unpaired) electrons. The molecule has 1 saturated heterocycles. The lowest BCUT2D eigenvalue weighted by atomic mass is 9.97. The number of aromatic nitrogens is 1. The van der Waals surface area contributed by atoms with Gasteiger partial charge in [-0.2, -0.15) is 0 Å². The zero-order valence-corrected chi connectivity index (χ0v) is 19.4. The number of pyridine rings is 1. The van der Waals surface area contributed by atoms with Crippen LogP contribution in [0.2, 0.25) is 5.02 Å². The maximum absolute atomic E-state index is 13.4. The third-order valence-corrected chi connectivity index (χ3v) is 6.07. The number of ether oxygens (including phenoxy) is 4. The van der Waals surface area contributed by atoms with E-state index in [1.807, 2.05) is 0 Å². The molecule has 3 heterocycles. The molecule has 35 heavy (non-hydrogen) atoms. The zero-order chi connectivity index (χ0) is 24.7. The molecule has 1 aromatic heterocycles. The fourth-order valence-corrected chi connectivity index (χ4v) is 4.37. The highest BCUT2D eigenvalue weighted by atomic mass is 35.5. The Balaban J connectivity index is 1.73. The van der Waals surface area contributed by atoms with Crippen LogP contribution in [-0.4, -0.2) is 42.8 Å². The van der Waals surface area contributed by atoms with Crippen LogP contribution >= 0.6 is 11.6 Å². The number of ketones is 1. The van der Waals surface area contributed by atoms with Gasteiger partial charge in [-0.1, -0.05) is 17.7 Å². The standard InChI is InChI=1S/C25H19ClN2O7/c1-32-18-11-15(26)19(33-2)10-14(18)23(29)21-22(16-5-3-4-8-27-16)28(25(31)24(21)30)13-6-7-17-20(9-13)35-12-34-17/h3-11,22,29H,12H2,1-2H3/b23-21+. The first-order valence-electron chi connectivity index (χ1n) is 10.5. The molecule has 1 atom stereocenters. The number of amides is 1. The number of aliphatic hydroxyl groups is 1. The molecule has 1 unspecified atom stereocenters. The van der Waals surface area contributed by atoms with Gasteiger partial charge in [-0.15, -0.1) is 0 Å². The lowest BCUT2D eigenvalue weighted by Crippen LogP contribution is -2.29. The van der Waals surface area contributed by atoms with E-state index in [0.717, 1.165) is 0 Å². The first-order valence-corrected chi connectivity index (χ1v) is 10.9. The van der Waals surface area contributed by atoms with Crippen molar-refractivity contribution < 1.29 is 33.6 Å². The van der Waals surface area contributed by atoms with Crippen LogP contribution in [0.4, 0.5) is 5.69 Å².